The van der Waals surface area contributed by atoms with Crippen molar-refractivity contribution in [1.82, 2.24) is 10.3 Å². The number of amidine groups is 1. The number of fused-ring (bicyclic) bond motifs is 2. The van der Waals surface area contributed by atoms with Crippen LogP contribution in [-0.4, -0.2) is 30.5 Å². The lowest BCUT2D eigenvalue weighted by atomic mass is 10.2. The number of hydrogen-bond acceptors (Lipinski definition) is 5. The summed E-state index contributed by atoms with van der Waals surface area (Å²) in [6.07, 6.45) is 8.82. The first kappa shape index (κ1) is 17.8. The van der Waals surface area contributed by atoms with Gasteiger partial charge in [-0.05, 0) is 62.3 Å². The highest BCUT2D eigenvalue weighted by molar-refractivity contribution is 6.00. The molecular weight excluding hydrogens is 338 g/mol. The number of nitrogens with one attached hydrogen (secondary N) is 1. The number of aromatic nitrogens is 1. The molecule has 1 aliphatic carbocycles. The lowest BCUT2D eigenvalue weighted by Crippen LogP contribution is -2.27. The van der Waals surface area contributed by atoms with Crippen LogP contribution in [0.25, 0.3) is 0 Å². The second-order valence-electron chi connectivity index (χ2n) is 7.22. The Kier molecular flexibility index (Phi) is 5.87. The second kappa shape index (κ2) is 8.89. The van der Waals surface area contributed by atoms with E-state index in [2.05, 4.69) is 10.3 Å². The van der Waals surface area contributed by atoms with Gasteiger partial charge in [0.1, 0.15) is 5.84 Å². The van der Waals surface area contributed by atoms with Crippen LogP contribution in [0.2, 0.25) is 0 Å². The lowest BCUT2D eigenvalue weighted by molar-refractivity contribution is 0.290. The SMILES string of the molecule is c1ccc2c(c1)OCCCCCCN=C(NCC1CC1)c1cccnc1O2. The molecule has 0 amide bonds. The molecule has 0 unspecified atom stereocenters. The molecule has 0 atom stereocenters. The highest BCUT2D eigenvalue weighted by Gasteiger charge is 2.22. The second-order valence-corrected chi connectivity index (χ2v) is 7.22. The quantitative estimate of drug-likeness (QED) is 0.847. The van der Waals surface area contributed by atoms with Gasteiger partial charge in [0, 0.05) is 19.3 Å². The summed E-state index contributed by atoms with van der Waals surface area (Å²) in [5.41, 5.74) is 0.907. The van der Waals surface area contributed by atoms with Crippen LogP contribution >= 0.6 is 0 Å². The minimum atomic E-state index is 0.563. The Hall–Kier alpha value is -2.56. The van der Waals surface area contributed by atoms with Gasteiger partial charge in [0.2, 0.25) is 5.88 Å². The van der Waals surface area contributed by atoms with Gasteiger partial charge in [0.25, 0.3) is 0 Å². The van der Waals surface area contributed by atoms with E-state index in [0.29, 0.717) is 18.2 Å². The molecule has 2 aliphatic rings. The van der Waals surface area contributed by atoms with E-state index < -0.39 is 0 Å². The summed E-state index contributed by atoms with van der Waals surface area (Å²) in [4.78, 5) is 9.34. The first-order valence-electron chi connectivity index (χ1n) is 10.0. The van der Waals surface area contributed by atoms with Crippen molar-refractivity contribution in [3.63, 3.8) is 0 Å². The molecule has 2 heterocycles. The maximum absolute atomic E-state index is 6.18. The van der Waals surface area contributed by atoms with E-state index in [9.17, 15) is 0 Å². The number of benzene rings is 1. The summed E-state index contributed by atoms with van der Waals surface area (Å²) in [7, 11) is 0. The predicted molar refractivity (Wildman–Crippen MR) is 107 cm³/mol. The van der Waals surface area contributed by atoms with Crippen molar-refractivity contribution in [3.05, 3.63) is 48.2 Å². The van der Waals surface area contributed by atoms with Gasteiger partial charge in [-0.3, -0.25) is 4.99 Å². The third-order valence-corrected chi connectivity index (χ3v) is 4.92. The number of aliphatic imine (C=N–C) groups is 1. The summed E-state index contributed by atoms with van der Waals surface area (Å²) in [5.74, 6) is 3.68. The molecule has 1 aromatic carbocycles. The van der Waals surface area contributed by atoms with Crippen LogP contribution in [0.15, 0.2) is 47.6 Å². The first-order chi connectivity index (χ1) is 13.4. The van der Waals surface area contributed by atoms with Crippen LogP contribution in [0.4, 0.5) is 0 Å². The van der Waals surface area contributed by atoms with E-state index in [1.54, 1.807) is 6.20 Å². The van der Waals surface area contributed by atoms with Gasteiger partial charge in [-0.1, -0.05) is 18.6 Å². The molecule has 0 saturated heterocycles. The summed E-state index contributed by atoms with van der Waals surface area (Å²) in [6, 6.07) is 11.7. The topological polar surface area (TPSA) is 55.7 Å². The number of ether oxygens (including phenoxy) is 2. The van der Waals surface area contributed by atoms with Crippen LogP contribution in [0.5, 0.6) is 17.4 Å². The van der Waals surface area contributed by atoms with Crippen LogP contribution in [0.3, 0.4) is 0 Å². The standard InChI is InChI=1S/C22H27N3O2/c1-2-6-15-26-19-9-3-4-10-20(19)27-22-18(8-7-14-24-22)21(23-13-5-1)25-16-17-11-12-17/h3-4,7-10,14,17H,1-2,5-6,11-13,15-16H2,(H,23,25). The van der Waals surface area contributed by atoms with E-state index in [1.807, 2.05) is 36.4 Å². The smallest absolute Gasteiger partial charge is 0.230 e. The Balaban J connectivity index is 1.65. The van der Waals surface area contributed by atoms with Gasteiger partial charge in [0.05, 0.1) is 12.2 Å². The van der Waals surface area contributed by atoms with E-state index in [0.717, 1.165) is 55.4 Å². The van der Waals surface area contributed by atoms with Crippen molar-refractivity contribution in [2.45, 2.75) is 38.5 Å². The lowest BCUT2D eigenvalue weighted by Gasteiger charge is -2.16. The van der Waals surface area contributed by atoms with Crippen molar-refractivity contribution in [3.8, 4) is 17.4 Å². The molecule has 1 aromatic heterocycles. The molecule has 4 rings (SSSR count). The monoisotopic (exact) mass is 365 g/mol. The molecule has 27 heavy (non-hydrogen) atoms. The number of pyridine rings is 1. The van der Waals surface area contributed by atoms with Crippen LogP contribution in [0.1, 0.15) is 44.1 Å². The van der Waals surface area contributed by atoms with Crippen molar-refractivity contribution in [1.29, 1.82) is 0 Å². The van der Waals surface area contributed by atoms with E-state index in [-0.39, 0.29) is 0 Å². The largest absolute Gasteiger partial charge is 0.490 e. The van der Waals surface area contributed by atoms with Crippen molar-refractivity contribution in [2.24, 2.45) is 10.9 Å². The van der Waals surface area contributed by atoms with Gasteiger partial charge in [-0.2, -0.15) is 0 Å². The van der Waals surface area contributed by atoms with E-state index >= 15 is 0 Å². The molecule has 1 aliphatic heterocycles. The van der Waals surface area contributed by atoms with Crippen LogP contribution in [0, 0.1) is 5.92 Å². The maximum atomic E-state index is 6.18. The van der Waals surface area contributed by atoms with Gasteiger partial charge >= 0.3 is 0 Å². The highest BCUT2D eigenvalue weighted by Crippen LogP contribution is 2.32. The number of rotatable bonds is 2. The minimum absolute atomic E-state index is 0.563. The Bertz CT molecular complexity index is 787. The summed E-state index contributed by atoms with van der Waals surface area (Å²) >= 11 is 0. The Morgan fingerprint density at radius 1 is 0.963 bits per heavy atom. The number of nitrogens with zero attached hydrogens (tertiary/aromatic N) is 2. The molecule has 5 heteroatoms. The van der Waals surface area contributed by atoms with Gasteiger partial charge < -0.3 is 14.8 Å². The highest BCUT2D eigenvalue weighted by atomic mass is 16.5. The van der Waals surface area contributed by atoms with Crippen molar-refractivity contribution >= 4 is 5.84 Å². The third-order valence-electron chi connectivity index (χ3n) is 4.92. The van der Waals surface area contributed by atoms with Crippen LogP contribution < -0.4 is 14.8 Å². The average Bonchev–Trinajstić information content (AvgIpc) is 3.52. The fourth-order valence-electron chi connectivity index (χ4n) is 3.15. The number of hydrogen-bond donors (Lipinski definition) is 1. The predicted octanol–water partition coefficient (Wildman–Crippen LogP) is 4.57. The number of para-hydroxylation sites is 2. The molecule has 1 fully saturated rings. The minimum Gasteiger partial charge on any atom is -0.490 e. The zero-order valence-electron chi connectivity index (χ0n) is 15.7. The summed E-state index contributed by atoms with van der Waals surface area (Å²) in [6.45, 7) is 2.48. The molecule has 0 spiro atoms. The van der Waals surface area contributed by atoms with Crippen molar-refractivity contribution < 1.29 is 9.47 Å². The molecular formula is C22H27N3O2. The summed E-state index contributed by atoms with van der Waals surface area (Å²) in [5, 5.41) is 3.54. The molecule has 2 aromatic rings. The molecule has 1 N–H and O–H groups in total. The third kappa shape index (κ3) is 5.00. The Morgan fingerprint density at radius 2 is 1.81 bits per heavy atom. The molecule has 0 bridgehead atoms. The zero-order valence-corrected chi connectivity index (χ0v) is 15.7. The maximum Gasteiger partial charge on any atom is 0.230 e. The fourth-order valence-corrected chi connectivity index (χ4v) is 3.15. The zero-order chi connectivity index (χ0) is 18.3. The molecule has 1 saturated carbocycles. The average molecular weight is 365 g/mol. The molecule has 0 radical (unpaired) electrons. The van der Waals surface area contributed by atoms with Crippen molar-refractivity contribution in [2.75, 3.05) is 19.7 Å². The van der Waals surface area contributed by atoms with Gasteiger partial charge in [-0.15, -0.1) is 0 Å². The molecule has 5 nitrogen and oxygen atoms in total. The normalized spacial score (nSPS) is 18.0. The van der Waals surface area contributed by atoms with E-state index in [1.165, 1.54) is 19.3 Å². The van der Waals surface area contributed by atoms with Gasteiger partial charge in [0.15, 0.2) is 11.5 Å². The molecule has 142 valence electrons. The first-order valence-corrected chi connectivity index (χ1v) is 10.0. The van der Waals surface area contributed by atoms with Gasteiger partial charge in [-0.25, -0.2) is 4.98 Å². The van der Waals surface area contributed by atoms with E-state index in [4.69, 9.17) is 14.5 Å². The Morgan fingerprint density at radius 3 is 2.70 bits per heavy atom. The fraction of sp³-hybridized carbons (Fsp3) is 0.455. The Labute approximate surface area is 160 Å². The van der Waals surface area contributed by atoms with Crippen LogP contribution in [-0.2, 0) is 0 Å². The summed E-state index contributed by atoms with van der Waals surface area (Å²) < 4.78 is 12.1.